The van der Waals surface area contributed by atoms with Gasteiger partial charge in [-0.3, -0.25) is 0 Å². The van der Waals surface area contributed by atoms with E-state index >= 15 is 0 Å². The number of likely N-dealkylation sites (N-methyl/N-ethyl adjacent to an activating group) is 1. The Hall–Kier alpha value is -0.120. The second-order valence-electron chi connectivity index (χ2n) is 6.74. The number of nitrogens with zero attached hydrogens (tertiary/aromatic N) is 1. The Labute approximate surface area is 118 Å². The zero-order valence-electron chi connectivity index (χ0n) is 12.7. The van der Waals surface area contributed by atoms with Crippen LogP contribution >= 0.6 is 0 Å². The average Bonchev–Trinajstić information content (AvgIpc) is 2.96. The number of ether oxygens (including phenoxy) is 1. The van der Waals surface area contributed by atoms with Gasteiger partial charge < -0.3 is 14.7 Å². The molecule has 0 aliphatic heterocycles. The second-order valence-corrected chi connectivity index (χ2v) is 6.74. The van der Waals surface area contributed by atoms with Crippen molar-refractivity contribution in [1.29, 1.82) is 0 Å². The van der Waals surface area contributed by atoms with Crippen LogP contribution in [0.25, 0.3) is 0 Å². The van der Waals surface area contributed by atoms with Crippen LogP contribution in [0.2, 0.25) is 0 Å². The lowest BCUT2D eigenvalue weighted by molar-refractivity contribution is 0.0165. The first-order valence-electron chi connectivity index (χ1n) is 8.13. The predicted octanol–water partition coefficient (Wildman–Crippen LogP) is 2.53. The topological polar surface area (TPSA) is 32.7 Å². The van der Waals surface area contributed by atoms with Gasteiger partial charge in [-0.25, -0.2) is 0 Å². The van der Waals surface area contributed by atoms with E-state index in [1.165, 1.54) is 25.7 Å². The largest absolute Gasteiger partial charge is 0.389 e. The highest BCUT2D eigenvalue weighted by atomic mass is 16.5. The van der Waals surface area contributed by atoms with Crippen molar-refractivity contribution in [3.05, 3.63) is 0 Å². The molecule has 0 spiro atoms. The zero-order valence-corrected chi connectivity index (χ0v) is 12.7. The SMILES string of the molecule is CCCCOCC(O)CN(C)CC1CC2CCC1C2. The molecule has 0 heterocycles. The van der Waals surface area contributed by atoms with E-state index < -0.39 is 0 Å². The van der Waals surface area contributed by atoms with Crippen LogP contribution in [-0.4, -0.2) is 49.5 Å². The summed E-state index contributed by atoms with van der Waals surface area (Å²) in [5.41, 5.74) is 0. The number of fused-ring (bicyclic) bond motifs is 2. The minimum atomic E-state index is -0.333. The van der Waals surface area contributed by atoms with E-state index in [0.717, 1.165) is 50.3 Å². The predicted molar refractivity (Wildman–Crippen MR) is 78.2 cm³/mol. The maximum atomic E-state index is 9.96. The lowest BCUT2D eigenvalue weighted by Gasteiger charge is -2.28. The third-order valence-electron chi connectivity index (χ3n) is 4.91. The standard InChI is InChI=1S/C16H31NO2/c1-3-4-7-19-12-16(18)11-17(2)10-15-9-13-5-6-14(15)8-13/h13-16,18H,3-12H2,1-2H3. The van der Waals surface area contributed by atoms with Gasteiger partial charge in [0.25, 0.3) is 0 Å². The minimum Gasteiger partial charge on any atom is -0.389 e. The highest BCUT2D eigenvalue weighted by Gasteiger charge is 2.39. The van der Waals surface area contributed by atoms with Crippen molar-refractivity contribution in [2.75, 3.05) is 33.4 Å². The van der Waals surface area contributed by atoms with Gasteiger partial charge in [-0.05, 0) is 50.5 Å². The van der Waals surface area contributed by atoms with Crippen LogP contribution in [-0.2, 0) is 4.74 Å². The number of aliphatic hydroxyl groups excluding tert-OH is 1. The molecule has 2 bridgehead atoms. The van der Waals surface area contributed by atoms with Gasteiger partial charge in [0, 0.05) is 19.7 Å². The van der Waals surface area contributed by atoms with E-state index in [1.54, 1.807) is 0 Å². The molecule has 4 unspecified atom stereocenters. The maximum absolute atomic E-state index is 9.96. The number of hydrogen-bond donors (Lipinski definition) is 1. The first-order valence-corrected chi connectivity index (χ1v) is 8.13. The summed E-state index contributed by atoms with van der Waals surface area (Å²) in [5.74, 6) is 2.88. The molecule has 0 radical (unpaired) electrons. The summed E-state index contributed by atoms with van der Waals surface area (Å²) >= 11 is 0. The average molecular weight is 269 g/mol. The summed E-state index contributed by atoms with van der Waals surface area (Å²) in [6.07, 6.45) is 7.73. The molecular weight excluding hydrogens is 238 g/mol. The summed E-state index contributed by atoms with van der Waals surface area (Å²) in [5, 5.41) is 9.96. The fourth-order valence-corrected chi connectivity index (χ4v) is 3.95. The van der Waals surface area contributed by atoms with Crippen molar-refractivity contribution in [3.8, 4) is 0 Å². The van der Waals surface area contributed by atoms with Gasteiger partial charge in [0.1, 0.15) is 0 Å². The Bertz CT molecular complexity index is 259. The lowest BCUT2D eigenvalue weighted by atomic mass is 9.88. The Balaban J connectivity index is 1.57. The van der Waals surface area contributed by atoms with Crippen LogP contribution in [0.1, 0.15) is 45.4 Å². The molecule has 3 nitrogen and oxygen atoms in total. The van der Waals surface area contributed by atoms with Crippen molar-refractivity contribution in [3.63, 3.8) is 0 Å². The monoisotopic (exact) mass is 269 g/mol. The zero-order chi connectivity index (χ0) is 13.7. The molecule has 2 rings (SSSR count). The highest BCUT2D eigenvalue weighted by Crippen LogP contribution is 2.48. The van der Waals surface area contributed by atoms with E-state index in [9.17, 15) is 5.11 Å². The van der Waals surface area contributed by atoms with E-state index in [-0.39, 0.29) is 6.10 Å². The molecule has 0 aromatic heterocycles. The number of aliphatic hydroxyl groups is 1. The van der Waals surface area contributed by atoms with Gasteiger partial charge in [-0.1, -0.05) is 19.8 Å². The molecule has 0 amide bonds. The van der Waals surface area contributed by atoms with Crippen LogP contribution in [0.15, 0.2) is 0 Å². The lowest BCUT2D eigenvalue weighted by Crippen LogP contribution is -2.36. The number of unbranched alkanes of at least 4 members (excludes halogenated alkanes) is 1. The first-order chi connectivity index (χ1) is 9.19. The highest BCUT2D eigenvalue weighted by molar-refractivity contribution is 4.91. The Morgan fingerprint density at radius 3 is 2.79 bits per heavy atom. The molecule has 0 aromatic rings. The van der Waals surface area contributed by atoms with Crippen molar-refractivity contribution in [2.24, 2.45) is 17.8 Å². The van der Waals surface area contributed by atoms with Gasteiger partial charge in [0.15, 0.2) is 0 Å². The van der Waals surface area contributed by atoms with Crippen molar-refractivity contribution in [1.82, 2.24) is 4.90 Å². The van der Waals surface area contributed by atoms with Gasteiger partial charge in [0.05, 0.1) is 12.7 Å². The summed E-state index contributed by atoms with van der Waals surface area (Å²) < 4.78 is 5.48. The molecule has 4 atom stereocenters. The Morgan fingerprint density at radius 1 is 1.32 bits per heavy atom. The van der Waals surface area contributed by atoms with Crippen LogP contribution in [0.4, 0.5) is 0 Å². The van der Waals surface area contributed by atoms with Crippen LogP contribution in [0.3, 0.4) is 0 Å². The molecule has 0 saturated heterocycles. The third kappa shape index (κ3) is 4.73. The van der Waals surface area contributed by atoms with E-state index in [0.29, 0.717) is 6.61 Å². The fraction of sp³-hybridized carbons (Fsp3) is 1.00. The molecular formula is C16H31NO2. The smallest absolute Gasteiger partial charge is 0.0900 e. The van der Waals surface area contributed by atoms with Gasteiger partial charge >= 0.3 is 0 Å². The van der Waals surface area contributed by atoms with E-state index in [4.69, 9.17) is 4.74 Å². The summed E-state index contributed by atoms with van der Waals surface area (Å²) in [7, 11) is 2.14. The van der Waals surface area contributed by atoms with Crippen molar-refractivity contribution in [2.45, 2.75) is 51.6 Å². The molecule has 2 aliphatic rings. The quantitative estimate of drug-likeness (QED) is 0.653. The first kappa shape index (κ1) is 15.3. The van der Waals surface area contributed by atoms with E-state index in [1.807, 2.05) is 0 Å². The fourth-order valence-electron chi connectivity index (χ4n) is 3.95. The van der Waals surface area contributed by atoms with Gasteiger partial charge in [-0.15, -0.1) is 0 Å². The van der Waals surface area contributed by atoms with Crippen LogP contribution in [0, 0.1) is 17.8 Å². The van der Waals surface area contributed by atoms with Crippen LogP contribution in [0.5, 0.6) is 0 Å². The summed E-state index contributed by atoms with van der Waals surface area (Å²) in [4.78, 5) is 2.30. The van der Waals surface area contributed by atoms with E-state index in [2.05, 4.69) is 18.9 Å². The molecule has 112 valence electrons. The minimum absolute atomic E-state index is 0.333. The molecule has 3 heteroatoms. The number of rotatable bonds is 9. The van der Waals surface area contributed by atoms with Crippen molar-refractivity contribution >= 4 is 0 Å². The normalized spacial score (nSPS) is 31.3. The maximum Gasteiger partial charge on any atom is 0.0900 e. The summed E-state index contributed by atoms with van der Waals surface area (Å²) in [6.45, 7) is 5.33. The molecule has 2 saturated carbocycles. The molecule has 19 heavy (non-hydrogen) atoms. The van der Waals surface area contributed by atoms with Gasteiger partial charge in [0.2, 0.25) is 0 Å². The second kappa shape index (κ2) is 7.61. The third-order valence-corrected chi connectivity index (χ3v) is 4.91. The molecule has 1 N–H and O–H groups in total. The Morgan fingerprint density at radius 2 is 2.16 bits per heavy atom. The summed E-state index contributed by atoms with van der Waals surface area (Å²) in [6, 6.07) is 0. The van der Waals surface area contributed by atoms with Gasteiger partial charge in [-0.2, -0.15) is 0 Å². The Kier molecular flexibility index (Phi) is 6.11. The van der Waals surface area contributed by atoms with Crippen molar-refractivity contribution < 1.29 is 9.84 Å². The molecule has 2 aliphatic carbocycles. The molecule has 2 fully saturated rings. The number of hydrogen-bond acceptors (Lipinski definition) is 3. The van der Waals surface area contributed by atoms with Crippen LogP contribution < -0.4 is 0 Å². The molecule has 0 aromatic carbocycles.